The fourth-order valence-corrected chi connectivity index (χ4v) is 3.75. The fraction of sp³-hybridized carbons (Fsp3) is 0.391. The molecule has 0 spiro atoms. The second kappa shape index (κ2) is 9.94. The van der Waals surface area contributed by atoms with Gasteiger partial charge in [0.25, 0.3) is 5.91 Å². The molecular weight excluding hydrogens is 403 g/mol. The molecule has 5 nitrogen and oxygen atoms in total. The maximum absolute atomic E-state index is 14.1. The molecule has 0 radical (unpaired) electrons. The van der Waals surface area contributed by atoms with E-state index >= 15 is 0 Å². The van der Waals surface area contributed by atoms with E-state index in [9.17, 15) is 9.18 Å². The fourth-order valence-electron chi connectivity index (χ4n) is 3.45. The second-order valence-corrected chi connectivity index (χ2v) is 8.05. The smallest absolute Gasteiger partial charge is 0.253 e. The van der Waals surface area contributed by atoms with Gasteiger partial charge in [-0.25, -0.2) is 4.39 Å². The number of hydrogen-bond acceptors (Lipinski definition) is 2. The van der Waals surface area contributed by atoms with Crippen LogP contribution in [-0.2, 0) is 6.42 Å². The molecule has 1 aliphatic rings. The Labute approximate surface area is 182 Å². The summed E-state index contributed by atoms with van der Waals surface area (Å²) in [5, 5.41) is 7.09. The lowest BCUT2D eigenvalue weighted by Gasteiger charge is -2.13. The van der Waals surface area contributed by atoms with Gasteiger partial charge in [-0.2, -0.15) is 0 Å². The minimum Gasteiger partial charge on any atom is -0.357 e. The van der Waals surface area contributed by atoms with Crippen molar-refractivity contribution in [2.75, 3.05) is 27.2 Å². The van der Waals surface area contributed by atoms with Gasteiger partial charge in [-0.05, 0) is 49.6 Å². The number of carbonyl (C=O) groups is 1. The molecule has 7 heteroatoms. The number of halogens is 2. The molecule has 0 bridgehead atoms. The zero-order valence-electron chi connectivity index (χ0n) is 17.6. The van der Waals surface area contributed by atoms with Gasteiger partial charge in [0.2, 0.25) is 0 Å². The summed E-state index contributed by atoms with van der Waals surface area (Å²) in [4.78, 5) is 18.3. The number of amides is 1. The Morgan fingerprint density at radius 1 is 1.27 bits per heavy atom. The Morgan fingerprint density at radius 3 is 2.73 bits per heavy atom. The molecule has 2 atom stereocenters. The number of aliphatic imine (C=N–C) groups is 1. The molecule has 30 heavy (non-hydrogen) atoms. The number of carbonyl (C=O) groups excluding carboxylic acids is 1. The monoisotopic (exact) mass is 430 g/mol. The third-order valence-corrected chi connectivity index (χ3v) is 5.41. The molecule has 2 unspecified atom stereocenters. The van der Waals surface area contributed by atoms with Crippen molar-refractivity contribution in [3.8, 4) is 0 Å². The zero-order chi connectivity index (χ0) is 21.7. The molecular formula is C23H28ClFN4O. The normalized spacial score (nSPS) is 18.1. The van der Waals surface area contributed by atoms with Crippen molar-refractivity contribution in [3.05, 3.63) is 70.0 Å². The molecule has 1 aliphatic carbocycles. The van der Waals surface area contributed by atoms with E-state index in [2.05, 4.69) is 15.6 Å². The van der Waals surface area contributed by atoms with E-state index in [1.165, 1.54) is 6.07 Å². The number of hydrogen-bond donors (Lipinski definition) is 2. The lowest BCUT2D eigenvalue weighted by atomic mass is 10.1. The van der Waals surface area contributed by atoms with Crippen molar-refractivity contribution >= 4 is 23.5 Å². The van der Waals surface area contributed by atoms with Crippen molar-refractivity contribution in [3.63, 3.8) is 0 Å². The quantitative estimate of drug-likeness (QED) is 0.518. The standard InChI is InChI=1S/C23H28ClFN4O/c1-4-26-23(28-20-14-17(20)21-18(24)9-6-10-19(21)25)27-12-11-15-7-5-8-16(13-15)22(30)29(2)3/h5-10,13,17,20H,4,11-12,14H2,1-3H3,(H2,26,27,28). The van der Waals surface area contributed by atoms with Crippen LogP contribution in [0.5, 0.6) is 0 Å². The van der Waals surface area contributed by atoms with Crippen LogP contribution in [0.3, 0.4) is 0 Å². The predicted molar refractivity (Wildman–Crippen MR) is 120 cm³/mol. The summed E-state index contributed by atoms with van der Waals surface area (Å²) < 4.78 is 14.1. The largest absolute Gasteiger partial charge is 0.357 e. The number of nitrogens with one attached hydrogen (secondary N) is 2. The van der Waals surface area contributed by atoms with Crippen LogP contribution in [0.15, 0.2) is 47.5 Å². The average molecular weight is 431 g/mol. The summed E-state index contributed by atoms with van der Waals surface area (Å²) in [5.74, 6) is 0.488. The third kappa shape index (κ3) is 5.51. The maximum atomic E-state index is 14.1. The molecule has 160 valence electrons. The molecule has 0 aromatic heterocycles. The highest BCUT2D eigenvalue weighted by Gasteiger charge is 2.41. The average Bonchev–Trinajstić information content (AvgIpc) is 3.46. The summed E-state index contributed by atoms with van der Waals surface area (Å²) in [6, 6.07) is 12.5. The summed E-state index contributed by atoms with van der Waals surface area (Å²) in [5.41, 5.74) is 2.31. The Hall–Kier alpha value is -2.60. The van der Waals surface area contributed by atoms with Crippen LogP contribution < -0.4 is 10.6 Å². The first-order valence-corrected chi connectivity index (χ1v) is 10.6. The summed E-state index contributed by atoms with van der Waals surface area (Å²) in [6.07, 6.45) is 1.54. The predicted octanol–water partition coefficient (Wildman–Crippen LogP) is 3.83. The van der Waals surface area contributed by atoms with Crippen molar-refractivity contribution in [1.82, 2.24) is 15.5 Å². The van der Waals surface area contributed by atoms with E-state index in [0.717, 1.165) is 24.9 Å². The van der Waals surface area contributed by atoms with Gasteiger partial charge in [-0.1, -0.05) is 29.8 Å². The van der Waals surface area contributed by atoms with Gasteiger partial charge in [0.05, 0.1) is 0 Å². The number of benzene rings is 2. The van der Waals surface area contributed by atoms with Gasteiger partial charge in [0.15, 0.2) is 5.96 Å². The Bertz CT molecular complexity index is 911. The molecule has 1 amide bonds. The van der Waals surface area contributed by atoms with Crippen LogP contribution >= 0.6 is 11.6 Å². The Morgan fingerprint density at radius 2 is 2.03 bits per heavy atom. The highest BCUT2D eigenvalue weighted by atomic mass is 35.5. The van der Waals surface area contributed by atoms with E-state index in [1.807, 2.05) is 31.2 Å². The second-order valence-electron chi connectivity index (χ2n) is 7.64. The van der Waals surface area contributed by atoms with Crippen molar-refractivity contribution in [2.45, 2.75) is 31.7 Å². The molecule has 0 aliphatic heterocycles. The van der Waals surface area contributed by atoms with Crippen molar-refractivity contribution < 1.29 is 9.18 Å². The summed E-state index contributed by atoms with van der Waals surface area (Å²) in [6.45, 7) is 3.31. The van der Waals surface area contributed by atoms with E-state index in [1.54, 1.807) is 31.1 Å². The number of nitrogens with zero attached hydrogens (tertiary/aromatic N) is 2. The van der Waals surface area contributed by atoms with Gasteiger partial charge >= 0.3 is 0 Å². The van der Waals surface area contributed by atoms with Gasteiger partial charge in [-0.15, -0.1) is 0 Å². The van der Waals surface area contributed by atoms with Crippen molar-refractivity contribution in [1.29, 1.82) is 0 Å². The zero-order valence-corrected chi connectivity index (χ0v) is 18.3. The lowest BCUT2D eigenvalue weighted by molar-refractivity contribution is 0.0827. The first-order chi connectivity index (χ1) is 14.4. The van der Waals surface area contributed by atoms with Crippen LogP contribution in [0.2, 0.25) is 5.02 Å². The molecule has 1 fully saturated rings. The van der Waals surface area contributed by atoms with Crippen LogP contribution in [0.25, 0.3) is 0 Å². The highest BCUT2D eigenvalue weighted by Crippen LogP contribution is 2.44. The Balaban J connectivity index is 1.60. The molecule has 2 N–H and O–H groups in total. The van der Waals surface area contributed by atoms with Gasteiger partial charge in [-0.3, -0.25) is 9.79 Å². The van der Waals surface area contributed by atoms with Crippen LogP contribution in [-0.4, -0.2) is 50.0 Å². The van der Waals surface area contributed by atoms with Crippen molar-refractivity contribution in [2.24, 2.45) is 4.99 Å². The summed E-state index contributed by atoms with van der Waals surface area (Å²) >= 11 is 6.19. The van der Waals surface area contributed by atoms with E-state index in [-0.39, 0.29) is 23.7 Å². The lowest BCUT2D eigenvalue weighted by Crippen LogP contribution is -2.39. The SMILES string of the molecule is CCNC(=NCCc1cccc(C(=O)N(C)C)c1)NC1CC1c1c(F)cccc1Cl. The highest BCUT2D eigenvalue weighted by molar-refractivity contribution is 6.31. The minimum absolute atomic E-state index is 0.0121. The first-order valence-electron chi connectivity index (χ1n) is 10.2. The van der Waals surface area contributed by atoms with E-state index in [4.69, 9.17) is 11.6 Å². The topological polar surface area (TPSA) is 56.7 Å². The minimum atomic E-state index is -0.258. The molecule has 3 rings (SSSR count). The Kier molecular flexibility index (Phi) is 7.32. The molecule has 1 saturated carbocycles. The van der Waals surface area contributed by atoms with Crippen LogP contribution in [0.1, 0.15) is 40.7 Å². The molecule has 0 heterocycles. The maximum Gasteiger partial charge on any atom is 0.253 e. The van der Waals surface area contributed by atoms with E-state index in [0.29, 0.717) is 28.7 Å². The number of rotatable bonds is 7. The first kappa shape index (κ1) is 22.1. The summed E-state index contributed by atoms with van der Waals surface area (Å²) in [7, 11) is 3.49. The van der Waals surface area contributed by atoms with Gasteiger partial charge in [0.1, 0.15) is 5.82 Å². The molecule has 2 aromatic rings. The van der Waals surface area contributed by atoms with Gasteiger partial charge in [0, 0.05) is 55.3 Å². The molecule has 2 aromatic carbocycles. The number of guanidine groups is 1. The van der Waals surface area contributed by atoms with Gasteiger partial charge < -0.3 is 15.5 Å². The molecule has 0 saturated heterocycles. The van der Waals surface area contributed by atoms with Crippen LogP contribution in [0.4, 0.5) is 4.39 Å². The van der Waals surface area contributed by atoms with E-state index < -0.39 is 0 Å². The third-order valence-electron chi connectivity index (χ3n) is 5.08. The van der Waals surface area contributed by atoms with Crippen LogP contribution in [0, 0.1) is 5.82 Å².